The van der Waals surface area contributed by atoms with Crippen molar-refractivity contribution in [3.05, 3.63) is 139 Å². The number of rotatable bonds is 5. The Labute approximate surface area is 276 Å². The van der Waals surface area contributed by atoms with E-state index in [0.29, 0.717) is 11.5 Å². The van der Waals surface area contributed by atoms with Crippen LogP contribution in [0.5, 0.6) is 11.5 Å². The van der Waals surface area contributed by atoms with Crippen LogP contribution in [0.3, 0.4) is 0 Å². The molecule has 0 saturated carbocycles. The molecule has 0 radical (unpaired) electrons. The van der Waals surface area contributed by atoms with Crippen LogP contribution < -0.4 is 14.9 Å². The van der Waals surface area contributed by atoms with E-state index in [2.05, 4.69) is 102 Å². The number of para-hydroxylation sites is 3. The van der Waals surface area contributed by atoms with Crippen molar-refractivity contribution in [2.45, 2.75) is 13.8 Å². The van der Waals surface area contributed by atoms with E-state index in [-0.39, 0.29) is 21.1 Å². The number of aryl methyl sites for hydroxylation is 2. The van der Waals surface area contributed by atoms with E-state index in [0.717, 1.165) is 50.2 Å². The largest absolute Gasteiger partial charge is 0.509 e. The molecule has 1 aliphatic rings. The van der Waals surface area contributed by atoms with E-state index < -0.39 is 0 Å². The zero-order valence-electron chi connectivity index (χ0n) is 24.9. The second-order valence-corrected chi connectivity index (χ2v) is 11.0. The Morgan fingerprint density at radius 3 is 2.29 bits per heavy atom. The molecule has 0 amide bonds. The zero-order chi connectivity index (χ0) is 29.8. The zero-order valence-corrected chi connectivity index (χ0v) is 27.2. The van der Waals surface area contributed by atoms with Crippen LogP contribution in [0.25, 0.3) is 38.8 Å². The fraction of sp³-hybridized carbons (Fsp3) is 0.0789. The normalized spacial score (nSPS) is 12.4. The van der Waals surface area contributed by atoms with Gasteiger partial charge in [0.05, 0.1) is 7.05 Å². The second kappa shape index (κ2) is 11.5. The first-order chi connectivity index (χ1) is 21.5. The third kappa shape index (κ3) is 4.97. The van der Waals surface area contributed by atoms with E-state index in [9.17, 15) is 0 Å². The molecule has 7 aromatic rings. The van der Waals surface area contributed by atoms with Crippen molar-refractivity contribution in [1.82, 2.24) is 9.55 Å². The summed E-state index contributed by atoms with van der Waals surface area (Å²) in [4.78, 5) is 9.52. The number of aromatic nitrogens is 2. The molecule has 5 aromatic carbocycles. The first-order valence-corrected chi connectivity index (χ1v) is 14.6. The first-order valence-electron chi connectivity index (χ1n) is 14.6. The summed E-state index contributed by atoms with van der Waals surface area (Å²) in [5.74, 6) is 2.01. The number of anilines is 3. The summed E-state index contributed by atoms with van der Waals surface area (Å²) >= 11 is 0. The van der Waals surface area contributed by atoms with Gasteiger partial charge in [-0.2, -0.15) is 17.1 Å². The molecule has 0 atom stereocenters. The number of pyridine rings is 1. The molecule has 3 heterocycles. The maximum Gasteiger partial charge on any atom is 0.145 e. The van der Waals surface area contributed by atoms with Crippen molar-refractivity contribution < 1.29 is 30.7 Å². The number of benzene rings is 5. The molecule has 0 unspecified atom stereocenters. The van der Waals surface area contributed by atoms with Crippen molar-refractivity contribution in [2.75, 3.05) is 17.2 Å². The van der Waals surface area contributed by atoms with Crippen molar-refractivity contribution >= 4 is 38.9 Å². The SMILES string of the molecule is Cc1cccc(C)c1-c1ccnc(-n2c3[c-]c(Oc4[c-]c(N5[OH+]N(C)c6ccccc65)ccc4)ccc3c3ccccc32)c1.[Pt]. The first kappa shape index (κ1) is 28.8. The van der Waals surface area contributed by atoms with Crippen LogP contribution in [0.2, 0.25) is 0 Å². The standard InChI is InChI=1S/C38H28N4O2.Pt/c1-25-10-8-11-26(2)38(25)27-20-21-39-37(22-27)41-33-15-5-4-14-31(33)32-19-18-30(24-36(32)41)43-29-13-9-12-28(23-29)42-35-17-7-6-16-34(35)40(3)44-42;/h4-22H,1-3H3;/q-2;/p+1. The third-order valence-corrected chi connectivity index (χ3v) is 8.18. The molecule has 0 aliphatic carbocycles. The van der Waals surface area contributed by atoms with Crippen molar-refractivity contribution in [2.24, 2.45) is 0 Å². The van der Waals surface area contributed by atoms with Gasteiger partial charge in [-0.15, -0.1) is 45.8 Å². The van der Waals surface area contributed by atoms with Crippen LogP contribution in [0, 0.1) is 26.0 Å². The predicted octanol–water partition coefficient (Wildman–Crippen LogP) is 9.28. The summed E-state index contributed by atoms with van der Waals surface area (Å²) in [6, 6.07) is 44.0. The number of hydroxylamine groups is 1. The van der Waals surface area contributed by atoms with Gasteiger partial charge in [0.2, 0.25) is 0 Å². The van der Waals surface area contributed by atoms with Crippen LogP contribution in [0.4, 0.5) is 17.1 Å². The van der Waals surface area contributed by atoms with Gasteiger partial charge in [0.25, 0.3) is 0 Å². The molecule has 6 nitrogen and oxygen atoms in total. The summed E-state index contributed by atoms with van der Waals surface area (Å²) in [7, 11) is 1.94. The van der Waals surface area contributed by atoms with E-state index in [1.807, 2.05) is 65.8 Å². The molecular formula is C38H29N4O2Pt-. The van der Waals surface area contributed by atoms with Gasteiger partial charge in [0, 0.05) is 50.0 Å². The molecule has 8 rings (SSSR count). The number of fused-ring (bicyclic) bond motifs is 4. The summed E-state index contributed by atoms with van der Waals surface area (Å²) in [6.45, 7) is 4.31. The van der Waals surface area contributed by atoms with Crippen molar-refractivity contribution in [1.29, 1.82) is 0 Å². The molecule has 45 heavy (non-hydrogen) atoms. The van der Waals surface area contributed by atoms with Gasteiger partial charge < -0.3 is 9.30 Å². The molecular weight excluding hydrogens is 740 g/mol. The number of hydrogen-bond donors (Lipinski definition) is 0. The Bertz CT molecular complexity index is 2190. The average Bonchev–Trinajstić information content (AvgIpc) is 3.56. The molecule has 0 spiro atoms. The second-order valence-electron chi connectivity index (χ2n) is 11.0. The van der Waals surface area contributed by atoms with Gasteiger partial charge in [0.1, 0.15) is 17.2 Å². The van der Waals surface area contributed by atoms with Gasteiger partial charge in [0.15, 0.2) is 0 Å². The topological polar surface area (TPSA) is 46.3 Å². The van der Waals surface area contributed by atoms with Gasteiger partial charge >= 0.3 is 0 Å². The van der Waals surface area contributed by atoms with Crippen LogP contribution in [-0.2, 0) is 21.1 Å². The number of ether oxygens (including phenoxy) is 1. The van der Waals surface area contributed by atoms with Crippen LogP contribution >= 0.6 is 0 Å². The Hall–Kier alpha value is -4.90. The average molecular weight is 769 g/mol. The number of nitrogens with zero attached hydrogens (tertiary/aromatic N) is 4. The monoisotopic (exact) mass is 768 g/mol. The Morgan fingerprint density at radius 2 is 1.44 bits per heavy atom. The van der Waals surface area contributed by atoms with Gasteiger partial charge in [-0.1, -0.05) is 54.0 Å². The fourth-order valence-corrected chi connectivity index (χ4v) is 6.20. The van der Waals surface area contributed by atoms with Gasteiger partial charge in [-0.05, 0) is 71.8 Å². The van der Waals surface area contributed by atoms with Gasteiger partial charge in [-0.25, -0.2) is 4.98 Å². The molecule has 0 saturated heterocycles. The Morgan fingerprint density at radius 1 is 0.711 bits per heavy atom. The summed E-state index contributed by atoms with van der Waals surface area (Å²) in [5, 5.41) is 5.96. The third-order valence-electron chi connectivity index (χ3n) is 8.18. The molecule has 2 aromatic heterocycles. The summed E-state index contributed by atoms with van der Waals surface area (Å²) < 4.78 is 8.56. The van der Waals surface area contributed by atoms with E-state index in [4.69, 9.17) is 9.72 Å². The van der Waals surface area contributed by atoms with Crippen molar-refractivity contribution in [3.8, 4) is 28.4 Å². The van der Waals surface area contributed by atoms with Crippen LogP contribution in [0.15, 0.2) is 115 Å². The Balaban J connectivity index is 0.00000325. The van der Waals surface area contributed by atoms with Crippen molar-refractivity contribution in [3.63, 3.8) is 0 Å². The summed E-state index contributed by atoms with van der Waals surface area (Å²) in [6.07, 6.45) is 1.89. The van der Waals surface area contributed by atoms with E-state index in [1.54, 1.807) is 0 Å². The molecule has 1 aliphatic heterocycles. The van der Waals surface area contributed by atoms with Crippen LogP contribution in [-0.4, -0.2) is 21.5 Å². The quantitative estimate of drug-likeness (QED) is 0.130. The predicted molar refractivity (Wildman–Crippen MR) is 176 cm³/mol. The molecule has 1 N–H and O–H groups in total. The molecule has 0 fully saturated rings. The van der Waals surface area contributed by atoms with Crippen LogP contribution in [0.1, 0.15) is 11.1 Å². The van der Waals surface area contributed by atoms with E-state index in [1.165, 1.54) is 16.7 Å². The minimum absolute atomic E-state index is 0. The number of hydrogen-bond acceptors (Lipinski definition) is 4. The van der Waals surface area contributed by atoms with Gasteiger partial charge in [-0.3, -0.25) is 0 Å². The smallest absolute Gasteiger partial charge is 0.145 e. The fourth-order valence-electron chi connectivity index (χ4n) is 6.20. The Kier molecular flexibility index (Phi) is 7.40. The summed E-state index contributed by atoms with van der Waals surface area (Å²) in [5.41, 5.74) is 9.63. The minimum Gasteiger partial charge on any atom is -0.509 e. The van der Waals surface area contributed by atoms with E-state index >= 15 is 0 Å². The molecule has 224 valence electrons. The molecule has 0 bridgehead atoms. The molecule has 7 heteroatoms. The maximum atomic E-state index is 6.39. The minimum atomic E-state index is 0. The maximum absolute atomic E-state index is 6.39.